The number of ether oxygens (including phenoxy) is 2. The van der Waals surface area contributed by atoms with Crippen LogP contribution in [0, 0.1) is 5.92 Å². The number of hydrogen-bond donors (Lipinski definition) is 1. The van der Waals surface area contributed by atoms with Gasteiger partial charge in [-0.25, -0.2) is 0 Å². The third kappa shape index (κ3) is 2.63. The average molecular weight is 306 g/mol. The summed E-state index contributed by atoms with van der Waals surface area (Å²) in [5, 5.41) is 11.2. The van der Waals surface area contributed by atoms with Crippen LogP contribution in [0.3, 0.4) is 0 Å². The fraction of sp³-hybridized carbons (Fsp3) is 0.647. The Morgan fingerprint density at radius 1 is 1.29 bits per heavy atom. The van der Waals surface area contributed by atoms with Gasteiger partial charge in [0, 0.05) is 29.8 Å². The number of thioether (sulfide) groups is 1. The lowest BCUT2D eigenvalue weighted by atomic mass is 9.80. The molecule has 3 aliphatic heterocycles. The topological polar surface area (TPSA) is 38.7 Å². The van der Waals surface area contributed by atoms with Gasteiger partial charge in [0.05, 0.1) is 18.3 Å². The largest absolute Gasteiger partial charge is 0.392 e. The number of fused-ring (bicyclic) bond motifs is 1. The molecule has 3 nitrogen and oxygen atoms in total. The maximum atomic E-state index is 10.9. The summed E-state index contributed by atoms with van der Waals surface area (Å²) in [7, 11) is 0. The molecule has 2 saturated heterocycles. The highest BCUT2D eigenvalue weighted by molar-refractivity contribution is 8.00. The Kier molecular flexibility index (Phi) is 3.74. The Balaban J connectivity index is 1.45. The second-order valence-electron chi connectivity index (χ2n) is 6.55. The molecule has 0 aromatic heterocycles. The maximum absolute atomic E-state index is 10.9. The highest BCUT2D eigenvalue weighted by atomic mass is 32.2. The molecule has 2 fully saturated rings. The molecule has 1 aromatic rings. The minimum absolute atomic E-state index is 0.111. The molecule has 0 amide bonds. The standard InChI is InChI=1S/C17H22O3S/c18-16(15-9-12-3-1-2-4-14(12)21-15)13-5-7-20-17(10-13)6-8-19-11-17/h1-4,13,15-16,18H,5-11H2. The second kappa shape index (κ2) is 5.58. The van der Waals surface area contributed by atoms with Gasteiger partial charge in [0.2, 0.25) is 0 Å². The van der Waals surface area contributed by atoms with Crippen LogP contribution >= 0.6 is 11.8 Å². The van der Waals surface area contributed by atoms with Crippen LogP contribution in [0.2, 0.25) is 0 Å². The van der Waals surface area contributed by atoms with E-state index < -0.39 is 0 Å². The molecule has 0 bridgehead atoms. The molecule has 1 spiro atoms. The van der Waals surface area contributed by atoms with Crippen molar-refractivity contribution in [2.75, 3.05) is 19.8 Å². The summed E-state index contributed by atoms with van der Waals surface area (Å²) in [6.45, 7) is 2.26. The van der Waals surface area contributed by atoms with Crippen LogP contribution in [0.4, 0.5) is 0 Å². The summed E-state index contributed by atoms with van der Waals surface area (Å²) in [5.41, 5.74) is 1.28. The van der Waals surface area contributed by atoms with Crippen molar-refractivity contribution in [1.82, 2.24) is 0 Å². The Labute approximate surface area is 130 Å². The Morgan fingerprint density at radius 2 is 2.19 bits per heavy atom. The van der Waals surface area contributed by atoms with E-state index in [1.807, 2.05) is 11.8 Å². The van der Waals surface area contributed by atoms with Crippen molar-refractivity contribution >= 4 is 11.8 Å². The molecular weight excluding hydrogens is 284 g/mol. The van der Waals surface area contributed by atoms with Crippen molar-refractivity contribution in [3.63, 3.8) is 0 Å². The van der Waals surface area contributed by atoms with E-state index in [-0.39, 0.29) is 11.7 Å². The van der Waals surface area contributed by atoms with Gasteiger partial charge in [-0.1, -0.05) is 18.2 Å². The van der Waals surface area contributed by atoms with Gasteiger partial charge in [-0.15, -0.1) is 11.8 Å². The van der Waals surface area contributed by atoms with E-state index >= 15 is 0 Å². The highest BCUT2D eigenvalue weighted by Crippen LogP contribution is 2.44. The van der Waals surface area contributed by atoms with Crippen LogP contribution in [-0.4, -0.2) is 41.9 Å². The van der Waals surface area contributed by atoms with Crippen LogP contribution in [0.25, 0.3) is 0 Å². The maximum Gasteiger partial charge on any atom is 0.0940 e. The van der Waals surface area contributed by atoms with Gasteiger partial charge in [0.15, 0.2) is 0 Å². The summed E-state index contributed by atoms with van der Waals surface area (Å²) in [4.78, 5) is 1.34. The summed E-state index contributed by atoms with van der Waals surface area (Å²) in [6.07, 6.45) is 3.64. The number of benzene rings is 1. The summed E-state index contributed by atoms with van der Waals surface area (Å²) in [6, 6.07) is 8.53. The average Bonchev–Trinajstić information content (AvgIpc) is 3.13. The van der Waals surface area contributed by atoms with Crippen LogP contribution in [-0.2, 0) is 15.9 Å². The van der Waals surface area contributed by atoms with Gasteiger partial charge in [-0.2, -0.15) is 0 Å². The number of aliphatic hydroxyl groups is 1. The monoisotopic (exact) mass is 306 g/mol. The third-order valence-electron chi connectivity index (χ3n) is 5.13. The molecule has 4 unspecified atom stereocenters. The third-order valence-corrected chi connectivity index (χ3v) is 6.53. The molecule has 114 valence electrons. The first-order valence-electron chi connectivity index (χ1n) is 7.90. The predicted octanol–water partition coefficient (Wildman–Crippen LogP) is 2.65. The van der Waals surface area contributed by atoms with E-state index in [0.29, 0.717) is 17.8 Å². The van der Waals surface area contributed by atoms with Gasteiger partial charge in [-0.05, 0) is 36.8 Å². The number of rotatable bonds is 2. The van der Waals surface area contributed by atoms with Crippen LogP contribution in [0.1, 0.15) is 24.8 Å². The lowest BCUT2D eigenvalue weighted by Gasteiger charge is -2.40. The van der Waals surface area contributed by atoms with E-state index in [2.05, 4.69) is 24.3 Å². The zero-order valence-corrected chi connectivity index (χ0v) is 13.0. The molecule has 21 heavy (non-hydrogen) atoms. The van der Waals surface area contributed by atoms with Crippen molar-refractivity contribution < 1.29 is 14.6 Å². The zero-order valence-electron chi connectivity index (χ0n) is 12.2. The first-order chi connectivity index (χ1) is 10.3. The van der Waals surface area contributed by atoms with Crippen LogP contribution in [0.15, 0.2) is 29.2 Å². The first kappa shape index (κ1) is 14.1. The summed E-state index contributed by atoms with van der Waals surface area (Å²) >= 11 is 1.85. The molecule has 4 atom stereocenters. The molecule has 4 rings (SSSR count). The lowest BCUT2D eigenvalue weighted by molar-refractivity contribution is -0.116. The van der Waals surface area contributed by atoms with Crippen molar-refractivity contribution in [3.8, 4) is 0 Å². The van der Waals surface area contributed by atoms with Crippen molar-refractivity contribution in [3.05, 3.63) is 29.8 Å². The summed E-state index contributed by atoms with van der Waals surface area (Å²) in [5.74, 6) is 0.340. The predicted molar refractivity (Wildman–Crippen MR) is 82.6 cm³/mol. The highest BCUT2D eigenvalue weighted by Gasteiger charge is 2.44. The molecule has 3 aliphatic rings. The molecule has 0 saturated carbocycles. The Hall–Kier alpha value is -0.550. The van der Waals surface area contributed by atoms with E-state index in [1.54, 1.807) is 0 Å². The molecule has 1 aromatic carbocycles. The van der Waals surface area contributed by atoms with Crippen LogP contribution in [0.5, 0.6) is 0 Å². The van der Waals surface area contributed by atoms with Crippen molar-refractivity contribution in [1.29, 1.82) is 0 Å². The normalized spacial score (nSPS) is 36.8. The smallest absolute Gasteiger partial charge is 0.0940 e. The van der Waals surface area contributed by atoms with E-state index in [0.717, 1.165) is 38.9 Å². The Bertz CT molecular complexity index is 488. The molecule has 0 aliphatic carbocycles. The van der Waals surface area contributed by atoms with Gasteiger partial charge in [0.25, 0.3) is 0 Å². The zero-order chi connectivity index (χ0) is 14.3. The first-order valence-corrected chi connectivity index (χ1v) is 8.78. The number of hydrogen-bond acceptors (Lipinski definition) is 4. The van der Waals surface area contributed by atoms with Crippen molar-refractivity contribution in [2.24, 2.45) is 5.92 Å². The lowest BCUT2D eigenvalue weighted by Crippen LogP contribution is -2.45. The molecule has 4 heteroatoms. The van der Waals surface area contributed by atoms with Crippen LogP contribution < -0.4 is 0 Å². The van der Waals surface area contributed by atoms with Gasteiger partial charge in [0.1, 0.15) is 0 Å². The summed E-state index contributed by atoms with van der Waals surface area (Å²) < 4.78 is 11.5. The molecule has 1 N–H and O–H groups in total. The minimum atomic E-state index is -0.247. The van der Waals surface area contributed by atoms with E-state index in [1.165, 1.54) is 10.5 Å². The minimum Gasteiger partial charge on any atom is -0.392 e. The Morgan fingerprint density at radius 3 is 3.00 bits per heavy atom. The molecular formula is C17H22O3S. The fourth-order valence-electron chi connectivity index (χ4n) is 3.92. The SMILES string of the molecule is OC(C1CCOC2(CCOC2)C1)C1Cc2ccccc2S1. The van der Waals surface area contributed by atoms with Gasteiger partial charge < -0.3 is 14.6 Å². The molecule has 0 radical (unpaired) electrons. The van der Waals surface area contributed by atoms with E-state index in [4.69, 9.17) is 9.47 Å². The number of aliphatic hydroxyl groups excluding tert-OH is 1. The second-order valence-corrected chi connectivity index (χ2v) is 7.83. The van der Waals surface area contributed by atoms with Gasteiger partial charge >= 0.3 is 0 Å². The van der Waals surface area contributed by atoms with Gasteiger partial charge in [-0.3, -0.25) is 0 Å². The van der Waals surface area contributed by atoms with Crippen molar-refractivity contribution in [2.45, 2.75) is 47.5 Å². The quantitative estimate of drug-likeness (QED) is 0.912. The fourth-order valence-corrected chi connectivity index (χ4v) is 5.33. The van der Waals surface area contributed by atoms with E-state index in [9.17, 15) is 5.11 Å². The molecule has 3 heterocycles.